The first-order valence-corrected chi connectivity index (χ1v) is 14.7. The smallest absolute Gasteiger partial charge is 0.332 e. The van der Waals surface area contributed by atoms with E-state index < -0.39 is 16.6 Å². The number of H-pyrrole nitrogens is 1. The van der Waals surface area contributed by atoms with Gasteiger partial charge >= 0.3 is 5.97 Å². The molecule has 1 aromatic heterocycles. The number of rotatable bonds is 5. The van der Waals surface area contributed by atoms with E-state index in [1.165, 1.54) is 13.2 Å². The molecular formula is C35H29N3O3S. The largest absolute Gasteiger partial charge is 0.466 e. The summed E-state index contributed by atoms with van der Waals surface area (Å²) < 4.78 is 5.10. The fraction of sp³-hybridized carbons (Fsp3) is 0.143. The number of carbonyl (C=O) groups excluding carboxylic acids is 2. The number of ether oxygens (including phenoxy) is 1. The Bertz CT molecular complexity index is 1880. The summed E-state index contributed by atoms with van der Waals surface area (Å²) in [6.07, 6.45) is 3.46. The fourth-order valence-corrected chi connectivity index (χ4v) is 7.76. The Morgan fingerprint density at radius 3 is 2.57 bits per heavy atom. The lowest BCUT2D eigenvalue weighted by Crippen LogP contribution is -2.50. The number of nitrogens with zero attached hydrogens (tertiary/aromatic N) is 1. The van der Waals surface area contributed by atoms with Crippen LogP contribution < -0.4 is 10.2 Å². The molecule has 2 aliphatic heterocycles. The zero-order chi connectivity index (χ0) is 28.8. The molecule has 2 atom stereocenters. The molecule has 0 saturated carbocycles. The van der Waals surface area contributed by atoms with Gasteiger partial charge in [-0.15, -0.1) is 11.8 Å². The number of anilines is 2. The lowest BCUT2D eigenvalue weighted by molar-refractivity contribution is -0.135. The Labute approximate surface area is 248 Å². The van der Waals surface area contributed by atoms with Crippen LogP contribution in [-0.4, -0.2) is 29.2 Å². The van der Waals surface area contributed by atoms with Crippen LogP contribution in [0.3, 0.4) is 0 Å². The van der Waals surface area contributed by atoms with Crippen molar-refractivity contribution in [3.05, 3.63) is 137 Å². The second kappa shape index (κ2) is 10.3. The first kappa shape index (κ1) is 26.2. The Balaban J connectivity index is 1.54. The minimum Gasteiger partial charge on any atom is -0.466 e. The maximum Gasteiger partial charge on any atom is 0.332 e. The normalized spacial score (nSPS) is 20.3. The number of aryl methyl sites for hydroxylation is 1. The van der Waals surface area contributed by atoms with Crippen LogP contribution in [0.4, 0.5) is 11.4 Å². The van der Waals surface area contributed by atoms with Gasteiger partial charge in [-0.1, -0.05) is 78.4 Å². The number of para-hydroxylation sites is 2. The molecule has 5 aromatic rings. The Morgan fingerprint density at radius 2 is 1.74 bits per heavy atom. The van der Waals surface area contributed by atoms with Crippen LogP contribution in [0.5, 0.6) is 0 Å². The predicted molar refractivity (Wildman–Crippen MR) is 168 cm³/mol. The number of esters is 1. The van der Waals surface area contributed by atoms with Crippen LogP contribution >= 0.6 is 11.8 Å². The van der Waals surface area contributed by atoms with Gasteiger partial charge in [0.05, 0.1) is 24.6 Å². The van der Waals surface area contributed by atoms with Crippen molar-refractivity contribution in [2.75, 3.05) is 17.3 Å². The number of nitrogens with one attached hydrogen (secondary N) is 2. The van der Waals surface area contributed by atoms with Crippen molar-refractivity contribution < 1.29 is 14.3 Å². The average molecular weight is 572 g/mol. The molecule has 7 heteroatoms. The maximum absolute atomic E-state index is 15.4. The number of amides is 1. The molecule has 1 amide bonds. The van der Waals surface area contributed by atoms with Crippen LogP contribution in [-0.2, 0) is 26.3 Å². The standard InChI is InChI=1S/C35H29N3O3S/c1-22-16-17-30-25(18-22)35(26-20-36-27-13-7-6-12-24(26)27,34(40)38(30)21-23-10-4-3-5-11-23)33-29(19-32(39)41-2)37-28-14-8-9-15-31(28)42-33/h3-20,33,36-37H,21H2,1-2H3/b29-19-/t33-,35-/m1/s1. The number of thioether (sulfide) groups is 1. The van der Waals surface area contributed by atoms with Crippen molar-refractivity contribution in [2.24, 2.45) is 0 Å². The number of aromatic amines is 1. The van der Waals surface area contributed by atoms with Crippen molar-refractivity contribution in [1.82, 2.24) is 4.98 Å². The highest BCUT2D eigenvalue weighted by Crippen LogP contribution is 2.58. The van der Waals surface area contributed by atoms with Gasteiger partial charge in [-0.05, 0) is 47.9 Å². The molecule has 4 aromatic carbocycles. The first-order valence-electron chi connectivity index (χ1n) is 13.9. The van der Waals surface area contributed by atoms with E-state index in [2.05, 4.69) is 47.6 Å². The fourth-order valence-electron chi connectivity index (χ4n) is 6.32. The lowest BCUT2D eigenvalue weighted by Gasteiger charge is -2.41. The summed E-state index contributed by atoms with van der Waals surface area (Å²) in [5.41, 5.74) is 6.05. The van der Waals surface area contributed by atoms with Crippen LogP contribution in [0.15, 0.2) is 120 Å². The van der Waals surface area contributed by atoms with E-state index in [-0.39, 0.29) is 5.91 Å². The highest BCUT2D eigenvalue weighted by molar-refractivity contribution is 8.00. The zero-order valence-electron chi connectivity index (χ0n) is 23.3. The third-order valence-corrected chi connectivity index (χ3v) is 9.66. The second-order valence-electron chi connectivity index (χ2n) is 10.7. The molecule has 0 fully saturated rings. The number of hydrogen-bond acceptors (Lipinski definition) is 5. The molecule has 7 rings (SSSR count). The van der Waals surface area contributed by atoms with Crippen molar-refractivity contribution in [3.63, 3.8) is 0 Å². The van der Waals surface area contributed by atoms with Gasteiger partial charge in [0.2, 0.25) is 5.91 Å². The van der Waals surface area contributed by atoms with Gasteiger partial charge in [0.15, 0.2) is 0 Å². The molecule has 0 saturated heterocycles. The maximum atomic E-state index is 15.4. The number of carbonyl (C=O) groups is 2. The van der Waals surface area contributed by atoms with Gasteiger partial charge < -0.3 is 19.9 Å². The number of hydrogen-bond donors (Lipinski definition) is 2. The quantitative estimate of drug-likeness (QED) is 0.176. The molecule has 0 spiro atoms. The molecular weight excluding hydrogens is 542 g/mol. The molecule has 0 bridgehead atoms. The van der Waals surface area contributed by atoms with E-state index >= 15 is 4.79 Å². The van der Waals surface area contributed by atoms with Crippen LogP contribution in [0, 0.1) is 6.92 Å². The SMILES string of the molecule is COC(=O)/C=C1\Nc2ccccc2S[C@H]1[C@@]1(c2c[nH]c3ccccc23)C(=O)N(Cc2ccccc2)c2ccc(C)cc21. The first-order chi connectivity index (χ1) is 20.5. The van der Waals surface area contributed by atoms with Crippen molar-refractivity contribution in [2.45, 2.75) is 29.0 Å². The summed E-state index contributed by atoms with van der Waals surface area (Å²) >= 11 is 1.60. The highest BCUT2D eigenvalue weighted by atomic mass is 32.2. The third-order valence-electron chi connectivity index (χ3n) is 8.21. The van der Waals surface area contributed by atoms with Crippen LogP contribution in [0.25, 0.3) is 10.9 Å². The van der Waals surface area contributed by atoms with Gasteiger partial charge in [-0.2, -0.15) is 0 Å². The molecule has 0 aliphatic carbocycles. The van der Waals surface area contributed by atoms with Crippen molar-refractivity contribution in [3.8, 4) is 0 Å². The third kappa shape index (κ3) is 4.03. The van der Waals surface area contributed by atoms with Crippen LogP contribution in [0.1, 0.15) is 22.3 Å². The summed E-state index contributed by atoms with van der Waals surface area (Å²) in [5.74, 6) is -0.515. The van der Waals surface area contributed by atoms with E-state index in [0.29, 0.717) is 12.2 Å². The van der Waals surface area contributed by atoms with E-state index in [1.54, 1.807) is 11.8 Å². The Hall–Kier alpha value is -4.75. The van der Waals surface area contributed by atoms with E-state index in [1.807, 2.05) is 77.8 Å². The number of aromatic nitrogens is 1. The van der Waals surface area contributed by atoms with Gasteiger partial charge in [0, 0.05) is 39.5 Å². The van der Waals surface area contributed by atoms with Gasteiger partial charge in [0.25, 0.3) is 0 Å². The monoisotopic (exact) mass is 571 g/mol. The molecule has 2 N–H and O–H groups in total. The Morgan fingerprint density at radius 1 is 0.976 bits per heavy atom. The molecule has 0 radical (unpaired) electrons. The summed E-state index contributed by atoms with van der Waals surface area (Å²) in [5, 5.41) is 3.98. The topological polar surface area (TPSA) is 74.4 Å². The van der Waals surface area contributed by atoms with E-state index in [0.717, 1.165) is 49.4 Å². The number of fused-ring (bicyclic) bond motifs is 3. The van der Waals surface area contributed by atoms with Crippen molar-refractivity contribution in [1.29, 1.82) is 0 Å². The average Bonchev–Trinajstić information content (AvgIpc) is 3.54. The van der Waals surface area contributed by atoms with E-state index in [4.69, 9.17) is 4.74 Å². The summed E-state index contributed by atoms with van der Waals surface area (Å²) in [4.78, 5) is 34.5. The summed E-state index contributed by atoms with van der Waals surface area (Å²) in [6.45, 7) is 2.48. The van der Waals surface area contributed by atoms with Crippen LogP contribution in [0.2, 0.25) is 0 Å². The predicted octanol–water partition coefficient (Wildman–Crippen LogP) is 6.95. The number of methoxy groups -OCH3 is 1. The summed E-state index contributed by atoms with van der Waals surface area (Å²) in [7, 11) is 1.37. The minimum absolute atomic E-state index is 0.0360. The minimum atomic E-state index is -1.17. The summed E-state index contributed by atoms with van der Waals surface area (Å²) in [6, 6.07) is 32.4. The second-order valence-corrected chi connectivity index (χ2v) is 11.8. The van der Waals surface area contributed by atoms with Crippen molar-refractivity contribution >= 4 is 45.9 Å². The Kier molecular flexibility index (Phi) is 6.39. The zero-order valence-corrected chi connectivity index (χ0v) is 24.1. The molecule has 208 valence electrons. The number of benzene rings is 4. The molecule has 6 nitrogen and oxygen atoms in total. The highest BCUT2D eigenvalue weighted by Gasteiger charge is 2.60. The lowest BCUT2D eigenvalue weighted by atomic mass is 9.71. The molecule has 3 heterocycles. The molecule has 0 unspecified atom stereocenters. The molecule has 42 heavy (non-hydrogen) atoms. The van der Waals surface area contributed by atoms with Gasteiger partial charge in [0.1, 0.15) is 5.41 Å². The van der Waals surface area contributed by atoms with Gasteiger partial charge in [-0.3, -0.25) is 4.79 Å². The van der Waals surface area contributed by atoms with E-state index in [9.17, 15) is 4.79 Å². The molecule has 2 aliphatic rings. The van der Waals surface area contributed by atoms with Gasteiger partial charge in [-0.25, -0.2) is 4.79 Å².